The molecule has 38 heavy (non-hydrogen) atoms. The van der Waals surface area contributed by atoms with E-state index in [9.17, 15) is 10.2 Å². The van der Waals surface area contributed by atoms with Crippen molar-refractivity contribution in [1.29, 1.82) is 0 Å². The van der Waals surface area contributed by atoms with Gasteiger partial charge in [0.2, 0.25) is 0 Å². The summed E-state index contributed by atoms with van der Waals surface area (Å²) in [5.74, 6) is 0.821. The van der Waals surface area contributed by atoms with Crippen LogP contribution < -0.4 is 0 Å². The predicted molar refractivity (Wildman–Crippen MR) is 156 cm³/mol. The summed E-state index contributed by atoms with van der Waals surface area (Å²) in [6.45, 7) is 3.59. The number of para-hydroxylation sites is 2. The Kier molecular flexibility index (Phi) is 9.84. The molecule has 187 valence electrons. The van der Waals surface area contributed by atoms with Gasteiger partial charge in [-0.1, -0.05) is 78.9 Å². The van der Waals surface area contributed by atoms with Crippen LogP contribution in [0.1, 0.15) is 11.4 Å². The van der Waals surface area contributed by atoms with Gasteiger partial charge in [0.15, 0.2) is 0 Å². The summed E-state index contributed by atoms with van der Waals surface area (Å²) in [6, 6.07) is 36.2. The Hall–Kier alpha value is -4.37. The van der Waals surface area contributed by atoms with E-state index in [2.05, 4.69) is 9.97 Å². The van der Waals surface area contributed by atoms with Crippen molar-refractivity contribution in [2.24, 2.45) is 0 Å². The van der Waals surface area contributed by atoms with Gasteiger partial charge in [-0.05, 0) is 61.4 Å². The van der Waals surface area contributed by atoms with Crippen LogP contribution >= 0.6 is 0 Å². The zero-order chi connectivity index (χ0) is 26.2. The van der Waals surface area contributed by atoms with Gasteiger partial charge in [0.25, 0.3) is 0 Å². The van der Waals surface area contributed by atoms with E-state index in [1.165, 1.54) is 5.56 Å². The minimum atomic E-state index is 0. The van der Waals surface area contributed by atoms with Crippen molar-refractivity contribution < 1.29 is 15.3 Å². The highest BCUT2D eigenvalue weighted by Gasteiger charge is 2.00. The lowest BCUT2D eigenvalue weighted by Crippen LogP contribution is -1.83. The fraction of sp³-hybridized carbons (Fsp3) is 0.0625. The first-order chi connectivity index (χ1) is 17.9. The Morgan fingerprint density at radius 3 is 1.34 bits per heavy atom. The van der Waals surface area contributed by atoms with Crippen LogP contribution in [0, 0.1) is 13.8 Å². The Morgan fingerprint density at radius 2 is 0.868 bits per heavy atom. The lowest BCUT2D eigenvalue weighted by molar-refractivity contribution is 0.468. The molecule has 4 aromatic carbocycles. The van der Waals surface area contributed by atoms with Gasteiger partial charge < -0.3 is 15.3 Å². The second-order valence-electron chi connectivity index (χ2n) is 8.48. The fourth-order valence-electron chi connectivity index (χ4n) is 3.69. The molecule has 0 amide bonds. The van der Waals surface area contributed by atoms with E-state index in [0.29, 0.717) is 17.1 Å². The third-order valence-corrected chi connectivity index (χ3v) is 5.75. The Labute approximate surface area is 232 Å². The van der Waals surface area contributed by atoms with Gasteiger partial charge in [0.05, 0.1) is 22.4 Å². The SMILES string of the molecule is Cc1nc2ccccc2cc1O.Cc1nc2ccccc2cc1O.Oc1ccc(-c2ccccc2)cc1.[Al]. The van der Waals surface area contributed by atoms with Gasteiger partial charge in [-0.3, -0.25) is 0 Å². The highest BCUT2D eigenvalue weighted by atomic mass is 27.0. The van der Waals surface area contributed by atoms with Gasteiger partial charge in [0.1, 0.15) is 17.2 Å². The van der Waals surface area contributed by atoms with Crippen molar-refractivity contribution in [3.63, 3.8) is 0 Å². The number of benzene rings is 4. The van der Waals surface area contributed by atoms with Gasteiger partial charge >= 0.3 is 0 Å². The van der Waals surface area contributed by atoms with Crippen molar-refractivity contribution in [3.8, 4) is 28.4 Å². The number of hydrogen-bond acceptors (Lipinski definition) is 5. The van der Waals surface area contributed by atoms with E-state index in [1.807, 2.05) is 91.0 Å². The van der Waals surface area contributed by atoms with Crippen LogP contribution in [0.15, 0.2) is 115 Å². The maximum absolute atomic E-state index is 9.35. The molecule has 3 N–H and O–H groups in total. The molecule has 2 heterocycles. The second kappa shape index (κ2) is 13.3. The third kappa shape index (κ3) is 7.33. The molecule has 0 saturated heterocycles. The molecule has 0 spiro atoms. The van der Waals surface area contributed by atoms with Crippen LogP contribution in [-0.2, 0) is 0 Å². The summed E-state index contributed by atoms with van der Waals surface area (Å²) >= 11 is 0. The number of hydrogen-bond donors (Lipinski definition) is 3. The highest BCUT2D eigenvalue weighted by Crippen LogP contribution is 2.22. The number of pyridine rings is 2. The fourth-order valence-corrected chi connectivity index (χ4v) is 3.69. The van der Waals surface area contributed by atoms with Crippen LogP contribution in [0.3, 0.4) is 0 Å². The quantitative estimate of drug-likeness (QED) is 0.202. The molecule has 0 unspecified atom stereocenters. The van der Waals surface area contributed by atoms with Crippen molar-refractivity contribution in [1.82, 2.24) is 9.97 Å². The number of aromatic nitrogens is 2. The van der Waals surface area contributed by atoms with Crippen molar-refractivity contribution in [3.05, 3.63) is 127 Å². The Bertz CT molecular complexity index is 1460. The third-order valence-electron chi connectivity index (χ3n) is 5.75. The summed E-state index contributed by atoms with van der Waals surface area (Å²) < 4.78 is 0. The van der Waals surface area contributed by atoms with Crippen LogP contribution in [0.5, 0.6) is 17.2 Å². The lowest BCUT2D eigenvalue weighted by Gasteiger charge is -2.00. The summed E-state index contributed by atoms with van der Waals surface area (Å²) in [4.78, 5) is 8.45. The number of rotatable bonds is 1. The molecule has 5 nitrogen and oxygen atoms in total. The summed E-state index contributed by atoms with van der Waals surface area (Å²) in [6.07, 6.45) is 0. The maximum Gasteiger partial charge on any atom is 0.137 e. The van der Waals surface area contributed by atoms with E-state index in [-0.39, 0.29) is 28.9 Å². The van der Waals surface area contributed by atoms with Crippen molar-refractivity contribution >= 4 is 39.2 Å². The molecule has 0 fully saturated rings. The van der Waals surface area contributed by atoms with E-state index in [4.69, 9.17) is 5.11 Å². The number of phenolic OH excluding ortho intramolecular Hbond substituents is 1. The molecule has 3 radical (unpaired) electrons. The van der Waals surface area contributed by atoms with Gasteiger partial charge in [-0.2, -0.15) is 0 Å². The topological polar surface area (TPSA) is 86.5 Å². The monoisotopic (exact) mass is 515 g/mol. The lowest BCUT2D eigenvalue weighted by atomic mass is 10.1. The van der Waals surface area contributed by atoms with Gasteiger partial charge in [-0.15, -0.1) is 0 Å². The number of aromatic hydroxyl groups is 3. The molecule has 0 aliphatic rings. The van der Waals surface area contributed by atoms with Crippen molar-refractivity contribution in [2.75, 3.05) is 0 Å². The van der Waals surface area contributed by atoms with E-state index in [0.717, 1.165) is 27.4 Å². The largest absolute Gasteiger partial charge is 0.508 e. The molecule has 0 bridgehead atoms. The standard InChI is InChI=1S/C12H10O.2C10H9NO.Al/c13-12-8-6-11(7-9-12)10-4-2-1-3-5-10;2*1-7-10(12)6-8-4-2-3-5-9(8)11-7;/h1-9,13H;2*2-6,12H,1H3;. The van der Waals surface area contributed by atoms with Gasteiger partial charge in [0, 0.05) is 28.1 Å². The molecule has 6 heteroatoms. The minimum Gasteiger partial charge on any atom is -0.508 e. The number of aryl methyl sites for hydroxylation is 2. The number of phenols is 1. The van der Waals surface area contributed by atoms with Crippen LogP contribution in [0.2, 0.25) is 0 Å². The molecule has 2 aromatic heterocycles. The zero-order valence-electron chi connectivity index (χ0n) is 21.3. The molecule has 6 aromatic rings. The van der Waals surface area contributed by atoms with Crippen LogP contribution in [-0.4, -0.2) is 42.6 Å². The predicted octanol–water partition coefficient (Wildman–Crippen LogP) is 7.18. The first-order valence-electron chi connectivity index (χ1n) is 11.9. The number of nitrogens with zero attached hydrogens (tertiary/aromatic N) is 2. The summed E-state index contributed by atoms with van der Waals surface area (Å²) in [5.41, 5.74) is 5.49. The Balaban J connectivity index is 0.000000156. The molecular formula is C32H28AlN2O3. The first kappa shape index (κ1) is 28.2. The van der Waals surface area contributed by atoms with E-state index in [1.54, 1.807) is 38.1 Å². The zero-order valence-corrected chi connectivity index (χ0v) is 22.4. The Morgan fingerprint density at radius 1 is 0.474 bits per heavy atom. The second-order valence-corrected chi connectivity index (χ2v) is 8.48. The number of fused-ring (bicyclic) bond motifs is 2. The van der Waals surface area contributed by atoms with Crippen LogP contribution in [0.4, 0.5) is 0 Å². The molecular weight excluding hydrogens is 487 g/mol. The summed E-state index contributed by atoms with van der Waals surface area (Å²) in [7, 11) is 0. The van der Waals surface area contributed by atoms with Crippen LogP contribution in [0.25, 0.3) is 32.9 Å². The normalized spacial score (nSPS) is 9.95. The van der Waals surface area contributed by atoms with E-state index < -0.39 is 0 Å². The van der Waals surface area contributed by atoms with Crippen molar-refractivity contribution in [2.45, 2.75) is 13.8 Å². The molecule has 0 aliphatic carbocycles. The highest BCUT2D eigenvalue weighted by molar-refractivity contribution is 5.80. The maximum atomic E-state index is 9.35. The first-order valence-corrected chi connectivity index (χ1v) is 11.9. The minimum absolute atomic E-state index is 0. The van der Waals surface area contributed by atoms with E-state index >= 15 is 0 Å². The molecule has 0 atom stereocenters. The van der Waals surface area contributed by atoms with Gasteiger partial charge in [-0.25, -0.2) is 9.97 Å². The average molecular weight is 516 g/mol. The average Bonchev–Trinajstić information content (AvgIpc) is 2.92. The molecule has 6 rings (SSSR count). The summed E-state index contributed by atoms with van der Waals surface area (Å²) in [5, 5.41) is 29.8. The smallest absolute Gasteiger partial charge is 0.137 e. The molecule has 0 aliphatic heterocycles. The molecule has 0 saturated carbocycles.